The van der Waals surface area contributed by atoms with E-state index in [1.807, 2.05) is 24.3 Å². The minimum Gasteiger partial charge on any atom is -0.387 e. The third-order valence-corrected chi connectivity index (χ3v) is 23.5. The van der Waals surface area contributed by atoms with E-state index in [2.05, 4.69) is 69.3 Å². The lowest BCUT2D eigenvalue weighted by atomic mass is 9.44. The number of benzene rings is 2. The zero-order chi connectivity index (χ0) is 51.7. The van der Waals surface area contributed by atoms with Crippen LogP contribution in [0.2, 0.25) is 10.0 Å². The van der Waals surface area contributed by atoms with Gasteiger partial charge in [-0.3, -0.25) is 9.59 Å². The molecule has 15 heteroatoms. The number of fused-ring (bicyclic) bond motifs is 12. The average Bonchev–Trinajstić information content (AvgIpc) is 4.16. The van der Waals surface area contributed by atoms with Crippen LogP contribution in [0, 0.1) is 80.8 Å². The summed E-state index contributed by atoms with van der Waals surface area (Å²) >= 11 is 15.3. The number of halogens is 3. The lowest BCUT2D eigenvalue weighted by molar-refractivity contribution is -0.164. The molecule has 12 nitrogen and oxygen atoms in total. The number of aromatic amines is 1. The second kappa shape index (κ2) is 21.6. The van der Waals surface area contributed by atoms with Gasteiger partial charge in [0.1, 0.15) is 28.9 Å². The number of hydrogen-bond acceptors (Lipinski definition) is 10. The van der Waals surface area contributed by atoms with Gasteiger partial charge in [0, 0.05) is 36.1 Å². The Morgan fingerprint density at radius 3 is 1.65 bits per heavy atom. The summed E-state index contributed by atoms with van der Waals surface area (Å²) < 4.78 is 12.4. The van der Waals surface area contributed by atoms with Gasteiger partial charge in [0.05, 0.1) is 35.3 Å². The molecule has 4 aromatic rings. The van der Waals surface area contributed by atoms with E-state index < -0.39 is 11.2 Å². The Morgan fingerprint density at radius 1 is 0.635 bits per heavy atom. The molecule has 0 amide bonds. The van der Waals surface area contributed by atoms with Crippen LogP contribution in [-0.4, -0.2) is 96.1 Å². The number of aliphatic hydroxyl groups is 2. The molecule has 3 N–H and O–H groups in total. The number of carbonyl (C=O) groups excluding carboxylic acids is 2. The van der Waals surface area contributed by atoms with Gasteiger partial charge < -0.3 is 19.7 Å². The Balaban J connectivity index is 0.000000155. The Bertz CT molecular complexity index is 2650. The van der Waals surface area contributed by atoms with E-state index in [-0.39, 0.29) is 36.6 Å². The fraction of sp³-hybridized carbons (Fsp3) is 0.763. The van der Waals surface area contributed by atoms with Crippen LogP contribution < -0.4 is 0 Å². The van der Waals surface area contributed by atoms with E-state index in [0.29, 0.717) is 80.6 Å². The van der Waals surface area contributed by atoms with Gasteiger partial charge in [-0.1, -0.05) is 79.5 Å². The quantitative estimate of drug-likeness (QED) is 0.137. The highest BCUT2D eigenvalue weighted by atomic mass is 79.9. The van der Waals surface area contributed by atoms with E-state index >= 15 is 0 Å². The van der Waals surface area contributed by atoms with Crippen molar-refractivity contribution in [3.05, 3.63) is 46.4 Å². The monoisotopic (exact) mass is 1120 g/mol. The second-order valence-corrected chi connectivity index (χ2v) is 27.2. The number of carbonyl (C=O) groups is 2. The highest BCUT2D eigenvalue weighted by Crippen LogP contribution is 2.70. The topological polar surface area (TPSA) is 165 Å². The summed E-state index contributed by atoms with van der Waals surface area (Å²) in [6.45, 7) is 11.1. The van der Waals surface area contributed by atoms with Crippen LogP contribution >= 0.6 is 39.1 Å². The molecule has 0 radical (unpaired) electrons. The van der Waals surface area contributed by atoms with E-state index in [9.17, 15) is 19.8 Å². The number of ether oxygens (including phenoxy) is 2. The Kier molecular flexibility index (Phi) is 16.4. The van der Waals surface area contributed by atoms with Gasteiger partial charge in [0.15, 0.2) is 5.78 Å². The van der Waals surface area contributed by atoms with Crippen LogP contribution in [0.3, 0.4) is 0 Å². The molecule has 12 rings (SSSR count). The van der Waals surface area contributed by atoms with Crippen LogP contribution in [0.15, 0.2) is 36.4 Å². The maximum atomic E-state index is 13.7. The Morgan fingerprint density at radius 2 is 1.12 bits per heavy atom. The number of aromatic nitrogens is 6. The molecule has 16 atom stereocenters. The Labute approximate surface area is 458 Å². The predicted molar refractivity (Wildman–Crippen MR) is 296 cm³/mol. The van der Waals surface area contributed by atoms with Crippen LogP contribution in [0.1, 0.15) is 151 Å². The van der Waals surface area contributed by atoms with Crippen molar-refractivity contribution in [3.63, 3.8) is 0 Å². The molecule has 8 fully saturated rings. The molecule has 0 spiro atoms. The smallest absolute Gasteiger partial charge is 0.157 e. The SMILES string of the molecule is C.COC[C@@]1(O)CC[C@@]2(C)[C@@H](CC[C@@H]3[C@@H]2CC[C@]2(C)[C@@H](C(=O)CBr)CC[C@@H]32)C1.COC[C@@]1(O)CC[C@@]2(C)[C@@H](CC[C@@H]3[C@@H]2CC[C@]2(C)[C@@H](C(=O)Cn4nnc5ccc(Cl)cc54)CC[C@@H]32)C1.Clc1ccc2n[nH]nc2c1. The first-order valence-electron chi connectivity index (χ1n) is 27.8. The molecule has 0 bridgehead atoms. The number of nitrogens with zero attached hydrogens (tertiary/aromatic N) is 5. The van der Waals surface area contributed by atoms with E-state index in [4.69, 9.17) is 32.7 Å². The fourth-order valence-electron chi connectivity index (χ4n) is 18.7. The van der Waals surface area contributed by atoms with Gasteiger partial charge >= 0.3 is 0 Å². The molecule has 74 heavy (non-hydrogen) atoms. The fourth-order valence-corrected chi connectivity index (χ4v) is 19.4. The molecule has 8 saturated carbocycles. The standard InChI is InChI=1S/C29H40ClN3O3.C23H37BrO3.C6H4ClN3.CH4/c1-27-12-13-29(35,17-36-3)15-18(27)4-6-20-21-7-8-23(28(21,2)11-10-22(20)27)26(34)16-33-25-14-19(30)5-9-24(25)31-32-33;1-21-10-11-23(26,14-27-3)12-15(21)4-5-16-17-6-7-19(20(25)13-24)22(17,2)9-8-18(16)21;7-4-1-2-5-6(3-4)9-10-8-5;/h5,9,14,18,20-23,35H,4,6-8,10-13,15-17H2,1-3H3;15-19,26H,4-14H2,1-3H3;1-3H,(H,8,9,10);1H4/t18-,20-,21-,22-,23+,27-,28-,29+;15-,16-,17-,18-,19+,21-,22-,23+;;/m00../s1. The van der Waals surface area contributed by atoms with E-state index in [1.54, 1.807) is 31.0 Å². The summed E-state index contributed by atoms with van der Waals surface area (Å²) in [5.74, 6) is 6.59. The van der Waals surface area contributed by atoms with Crippen molar-refractivity contribution in [1.82, 2.24) is 30.4 Å². The summed E-state index contributed by atoms with van der Waals surface area (Å²) in [6.07, 6.45) is 20.0. The van der Waals surface area contributed by atoms with Gasteiger partial charge in [0.25, 0.3) is 0 Å². The first kappa shape index (κ1) is 56.2. The summed E-state index contributed by atoms with van der Waals surface area (Å²) in [5.41, 5.74) is 2.92. The van der Waals surface area contributed by atoms with Crippen molar-refractivity contribution in [3.8, 4) is 0 Å². The number of alkyl halides is 1. The summed E-state index contributed by atoms with van der Waals surface area (Å²) in [7, 11) is 3.40. The zero-order valence-corrected chi connectivity index (χ0v) is 47.3. The first-order valence-corrected chi connectivity index (χ1v) is 29.7. The zero-order valence-electron chi connectivity index (χ0n) is 44.2. The lowest BCUT2D eigenvalue weighted by Gasteiger charge is -2.62. The minimum atomic E-state index is -0.657. The van der Waals surface area contributed by atoms with Crippen LogP contribution in [0.25, 0.3) is 22.1 Å². The molecule has 2 heterocycles. The molecule has 0 saturated heterocycles. The molecule has 408 valence electrons. The Hall–Kier alpha value is -2.52. The summed E-state index contributed by atoms with van der Waals surface area (Å²) in [4.78, 5) is 26.3. The minimum absolute atomic E-state index is 0. The second-order valence-electron chi connectivity index (χ2n) is 25.8. The van der Waals surface area contributed by atoms with Gasteiger partial charge in [-0.05, 0) is 221 Å². The van der Waals surface area contributed by atoms with Crippen LogP contribution in [-0.2, 0) is 25.6 Å². The van der Waals surface area contributed by atoms with Crippen molar-refractivity contribution in [2.75, 3.05) is 32.8 Å². The van der Waals surface area contributed by atoms with Gasteiger partial charge in [-0.2, -0.15) is 15.4 Å². The molecule has 2 aromatic heterocycles. The predicted octanol–water partition coefficient (Wildman–Crippen LogP) is 12.9. The lowest BCUT2D eigenvalue weighted by Crippen LogP contribution is -2.57. The number of H-pyrrole nitrogens is 1. The van der Waals surface area contributed by atoms with E-state index in [1.165, 1.54) is 51.4 Å². The average molecular weight is 1130 g/mol. The number of rotatable bonds is 9. The van der Waals surface area contributed by atoms with Crippen LogP contribution in [0.4, 0.5) is 0 Å². The third kappa shape index (κ3) is 10.0. The van der Waals surface area contributed by atoms with Gasteiger partial charge in [-0.15, -0.1) is 5.10 Å². The number of methoxy groups -OCH3 is 2. The maximum Gasteiger partial charge on any atom is 0.157 e. The number of nitrogens with one attached hydrogen (secondary N) is 1. The number of hydrogen-bond donors (Lipinski definition) is 3. The van der Waals surface area contributed by atoms with Crippen molar-refractivity contribution in [2.45, 2.75) is 168 Å². The van der Waals surface area contributed by atoms with Crippen molar-refractivity contribution >= 4 is 72.8 Å². The van der Waals surface area contributed by atoms with Crippen LogP contribution in [0.5, 0.6) is 0 Å². The van der Waals surface area contributed by atoms with Crippen molar-refractivity contribution in [1.29, 1.82) is 0 Å². The molecule has 2 aromatic carbocycles. The molecular weight excluding hydrogens is 1040 g/mol. The molecule has 8 aliphatic rings. The largest absolute Gasteiger partial charge is 0.387 e. The molecular formula is C59H85BrCl2N6O6. The summed E-state index contributed by atoms with van der Waals surface area (Å²) in [6, 6.07) is 10.9. The molecule has 0 unspecified atom stereocenters. The molecule has 8 aliphatic carbocycles. The van der Waals surface area contributed by atoms with Gasteiger partial charge in [0.2, 0.25) is 0 Å². The summed E-state index contributed by atoms with van der Waals surface area (Å²) in [5, 5.41) is 42.7. The first-order chi connectivity index (χ1) is 34.8. The third-order valence-electron chi connectivity index (χ3n) is 22.4. The van der Waals surface area contributed by atoms with Gasteiger partial charge in [-0.25, -0.2) is 4.68 Å². The number of ketones is 2. The number of Topliss-reactive ketones (excluding diaryl/α,β-unsaturated/α-hetero) is 2. The molecule has 0 aliphatic heterocycles. The normalized spacial score (nSPS) is 40.9. The highest BCUT2D eigenvalue weighted by Gasteiger charge is 2.64. The van der Waals surface area contributed by atoms with E-state index in [0.717, 1.165) is 104 Å². The van der Waals surface area contributed by atoms with Crippen molar-refractivity contribution < 1.29 is 29.3 Å². The van der Waals surface area contributed by atoms with Crippen molar-refractivity contribution in [2.24, 2.45) is 80.8 Å². The maximum absolute atomic E-state index is 13.7. The highest BCUT2D eigenvalue weighted by molar-refractivity contribution is 9.09.